The van der Waals surface area contributed by atoms with Gasteiger partial charge in [0.1, 0.15) is 0 Å². The van der Waals surface area contributed by atoms with E-state index in [4.69, 9.17) is 0 Å². The Morgan fingerprint density at radius 3 is 2.00 bits per heavy atom. The minimum atomic E-state index is 1.17. The fraction of sp³-hybridized carbons (Fsp3) is 0.111. The third-order valence-electron chi connectivity index (χ3n) is 1.04. The van der Waals surface area contributed by atoms with Gasteiger partial charge < -0.3 is 0 Å². The van der Waals surface area contributed by atoms with Crippen LogP contribution in [0.4, 0.5) is 0 Å². The molecule has 0 aliphatic rings. The summed E-state index contributed by atoms with van der Waals surface area (Å²) in [5, 5.41) is 0. The van der Waals surface area contributed by atoms with Crippen molar-refractivity contribution in [2.75, 3.05) is 0 Å². The number of benzene rings is 1. The van der Waals surface area contributed by atoms with Crippen molar-refractivity contribution < 1.29 is 0 Å². The van der Waals surface area contributed by atoms with E-state index in [1.165, 1.54) is 5.56 Å². The van der Waals surface area contributed by atoms with Crippen LogP contribution < -0.4 is 0 Å². The van der Waals surface area contributed by atoms with Crippen molar-refractivity contribution in [3.05, 3.63) is 42.5 Å². The molecule has 10 heavy (non-hydrogen) atoms. The molecule has 0 fully saturated rings. The molecule has 0 aliphatic heterocycles. The Bertz CT molecular complexity index is 167. The predicted molar refractivity (Wildman–Crippen MR) is 48.2 cm³/mol. The summed E-state index contributed by atoms with van der Waals surface area (Å²) in [6.45, 7) is 3.63. The quantitative estimate of drug-likeness (QED) is 0.507. The Hall–Kier alpha value is -0.443. The summed E-state index contributed by atoms with van der Waals surface area (Å²) < 4.78 is 0. The van der Waals surface area contributed by atoms with E-state index >= 15 is 0 Å². The van der Waals surface area contributed by atoms with Gasteiger partial charge in [0, 0.05) is 0 Å². The van der Waals surface area contributed by atoms with Crippen molar-refractivity contribution in [2.24, 2.45) is 0 Å². The summed E-state index contributed by atoms with van der Waals surface area (Å²) in [6, 6.07) is 10.0. The monoisotopic (exact) mass is 126 g/mol. The van der Waals surface area contributed by atoms with E-state index in [-0.39, 0.29) is 0 Å². The van der Waals surface area contributed by atoms with Crippen LogP contribution in [0.2, 0.25) is 5.60 Å². The van der Waals surface area contributed by atoms with Gasteiger partial charge >= 0.3 is 23.3 Å². The van der Waals surface area contributed by atoms with Gasteiger partial charge in [-0.25, -0.2) is 0 Å². The average Bonchev–Trinajstić information content (AvgIpc) is 2.10. The Morgan fingerprint density at radius 1 is 1.20 bits per heavy atom. The second kappa shape index (κ2) is 6.67. The molecule has 0 radical (unpaired) electrons. The fourth-order valence-corrected chi connectivity index (χ4v) is 0.589. The summed E-state index contributed by atoms with van der Waals surface area (Å²) >= 11 is 2.00. The molecule has 48 valence electrons. The fourth-order valence-electron chi connectivity index (χ4n) is 0.589. The van der Waals surface area contributed by atoms with Gasteiger partial charge in [0.25, 0.3) is 0 Å². The zero-order chi connectivity index (χ0) is 7.82. The first kappa shape index (κ1) is 9.56. The van der Waals surface area contributed by atoms with Gasteiger partial charge in [-0.05, 0) is 5.56 Å². The Labute approximate surface area is 72.2 Å². The number of hydrogen-bond donors (Lipinski definition) is 0. The summed E-state index contributed by atoms with van der Waals surface area (Å²) in [5.41, 5.74) is 3.17. The van der Waals surface area contributed by atoms with Crippen LogP contribution in [0, 0.1) is 0 Å². The van der Waals surface area contributed by atoms with E-state index in [1.807, 2.05) is 59.7 Å². The van der Waals surface area contributed by atoms with Crippen LogP contribution in [0.1, 0.15) is 5.56 Å². The molecule has 1 heteroatoms. The molecule has 0 unspecified atom stereocenters. The SMILES string of the molecule is C=Cc1ccccc1.[Li][CH3]. The zero-order valence-electron chi connectivity index (χ0n) is 6.67. The molecule has 0 aliphatic carbocycles. The summed E-state index contributed by atoms with van der Waals surface area (Å²) in [6.07, 6.45) is 1.83. The van der Waals surface area contributed by atoms with Crippen molar-refractivity contribution in [3.8, 4) is 0 Å². The first-order chi connectivity index (χ1) is 4.93. The van der Waals surface area contributed by atoms with E-state index in [0.29, 0.717) is 0 Å². The first-order valence-corrected chi connectivity index (χ1v) is 3.61. The normalized spacial score (nSPS) is 7.50. The van der Waals surface area contributed by atoms with Crippen molar-refractivity contribution >= 4 is 23.8 Å². The van der Waals surface area contributed by atoms with Crippen LogP contribution in [-0.2, 0) is 0 Å². The Balaban J connectivity index is 0.000000371. The summed E-state index contributed by atoms with van der Waals surface area (Å²) in [5.74, 6) is 0. The second-order valence-corrected chi connectivity index (χ2v) is 1.61. The zero-order valence-corrected chi connectivity index (χ0v) is 6.67. The molecule has 0 nitrogen and oxygen atoms in total. The molecule has 0 N–H and O–H groups in total. The molecule has 1 aromatic carbocycles. The molecule has 0 spiro atoms. The minimum absolute atomic E-state index is 1.17. The summed E-state index contributed by atoms with van der Waals surface area (Å²) in [7, 11) is 0. The van der Waals surface area contributed by atoms with Crippen LogP contribution in [0.25, 0.3) is 6.08 Å². The molecular weight excluding hydrogens is 115 g/mol. The second-order valence-electron chi connectivity index (χ2n) is 1.61. The van der Waals surface area contributed by atoms with Crippen molar-refractivity contribution in [3.63, 3.8) is 0 Å². The van der Waals surface area contributed by atoms with Crippen molar-refractivity contribution in [1.29, 1.82) is 0 Å². The van der Waals surface area contributed by atoms with Crippen molar-refractivity contribution in [1.82, 2.24) is 0 Å². The van der Waals surface area contributed by atoms with Gasteiger partial charge in [0.2, 0.25) is 0 Å². The molecule has 0 heterocycles. The topological polar surface area (TPSA) is 0 Å². The molecule has 0 bridgehead atoms. The molecule has 0 amide bonds. The van der Waals surface area contributed by atoms with Gasteiger partial charge in [0.15, 0.2) is 0 Å². The van der Waals surface area contributed by atoms with E-state index in [9.17, 15) is 0 Å². The van der Waals surface area contributed by atoms with E-state index in [1.54, 1.807) is 0 Å². The van der Waals surface area contributed by atoms with Crippen molar-refractivity contribution in [2.45, 2.75) is 5.60 Å². The standard InChI is InChI=1S/C8H8.CH3.Li/c1-2-8-6-4-3-5-7-8;;/h2-7H,1H2;1H3;. The van der Waals surface area contributed by atoms with Crippen LogP contribution in [-0.4, -0.2) is 17.7 Å². The van der Waals surface area contributed by atoms with E-state index in [2.05, 4.69) is 6.58 Å². The molecule has 0 aromatic heterocycles. The maximum atomic E-state index is 3.63. The van der Waals surface area contributed by atoms with Crippen LogP contribution in [0.15, 0.2) is 36.9 Å². The Morgan fingerprint density at radius 2 is 1.70 bits per heavy atom. The van der Waals surface area contributed by atoms with E-state index in [0.717, 1.165) is 0 Å². The molecule has 0 saturated heterocycles. The predicted octanol–water partition coefficient (Wildman–Crippen LogP) is 2.53. The van der Waals surface area contributed by atoms with Gasteiger partial charge in [-0.3, -0.25) is 0 Å². The van der Waals surface area contributed by atoms with Gasteiger partial charge in [-0.1, -0.05) is 43.0 Å². The van der Waals surface area contributed by atoms with Crippen LogP contribution in [0.5, 0.6) is 0 Å². The molecule has 0 atom stereocenters. The average molecular weight is 126 g/mol. The van der Waals surface area contributed by atoms with Crippen LogP contribution in [0.3, 0.4) is 0 Å². The maximum absolute atomic E-state index is 3.63. The number of rotatable bonds is 1. The van der Waals surface area contributed by atoms with Crippen LogP contribution >= 0.6 is 0 Å². The van der Waals surface area contributed by atoms with Gasteiger partial charge in [0.05, 0.1) is 0 Å². The summed E-state index contributed by atoms with van der Waals surface area (Å²) in [4.78, 5) is 0. The molecule has 0 saturated carbocycles. The van der Waals surface area contributed by atoms with Gasteiger partial charge in [-0.2, -0.15) is 0 Å². The molecule has 1 aromatic rings. The van der Waals surface area contributed by atoms with E-state index < -0.39 is 0 Å². The Kier molecular flexibility index (Phi) is 6.38. The molecule has 1 rings (SSSR count). The first-order valence-electron chi connectivity index (χ1n) is 3.61. The number of hydrogen-bond acceptors (Lipinski definition) is 0. The third kappa shape index (κ3) is 3.56. The molecular formula is C9H11Li. The third-order valence-corrected chi connectivity index (χ3v) is 1.04. The van der Waals surface area contributed by atoms with Gasteiger partial charge in [-0.15, -0.1) is 0 Å².